The average molecular weight is 361 g/mol. The molecule has 0 unspecified atom stereocenters. The van der Waals surface area contributed by atoms with Gasteiger partial charge in [0.15, 0.2) is 5.52 Å². The Bertz CT molecular complexity index is 1090. The molecule has 0 atom stereocenters. The van der Waals surface area contributed by atoms with Gasteiger partial charge in [-0.2, -0.15) is 0 Å². The van der Waals surface area contributed by atoms with Crippen molar-refractivity contribution in [3.63, 3.8) is 0 Å². The molecule has 1 aliphatic rings. The van der Waals surface area contributed by atoms with E-state index < -0.39 is 0 Å². The van der Waals surface area contributed by atoms with E-state index in [2.05, 4.69) is 33.1 Å². The van der Waals surface area contributed by atoms with E-state index >= 15 is 0 Å². The number of rotatable bonds is 4. The zero-order valence-corrected chi connectivity index (χ0v) is 15.4. The first-order valence-electron chi connectivity index (χ1n) is 9.28. The normalized spacial score (nSPS) is 14.8. The summed E-state index contributed by atoms with van der Waals surface area (Å²) in [7, 11) is 0. The van der Waals surface area contributed by atoms with Crippen molar-refractivity contribution in [1.82, 2.24) is 15.0 Å². The summed E-state index contributed by atoms with van der Waals surface area (Å²) in [5.41, 5.74) is 5.28. The third-order valence-corrected chi connectivity index (χ3v) is 5.99. The number of nitrogens with zero attached hydrogens (tertiary/aromatic N) is 3. The molecule has 4 nitrogen and oxygen atoms in total. The number of imidazole rings is 1. The van der Waals surface area contributed by atoms with E-state index in [-0.39, 0.29) is 0 Å². The molecular weight excluding hydrogens is 340 g/mol. The van der Waals surface area contributed by atoms with E-state index in [0.29, 0.717) is 0 Å². The van der Waals surface area contributed by atoms with Crippen molar-refractivity contribution in [2.75, 3.05) is 0 Å². The third-order valence-electron chi connectivity index (χ3n) is 5.11. The summed E-state index contributed by atoms with van der Waals surface area (Å²) >= 11 is 1.75. The van der Waals surface area contributed by atoms with Crippen molar-refractivity contribution in [3.8, 4) is 10.7 Å². The van der Waals surface area contributed by atoms with Crippen LogP contribution >= 0.6 is 11.3 Å². The molecule has 0 saturated carbocycles. The lowest BCUT2D eigenvalue weighted by molar-refractivity contribution is -0.661. The molecule has 0 bridgehead atoms. The molecule has 0 saturated heterocycles. The van der Waals surface area contributed by atoms with Crippen LogP contribution in [-0.2, 0) is 6.54 Å². The molecule has 0 aliphatic heterocycles. The summed E-state index contributed by atoms with van der Waals surface area (Å²) in [5.74, 6) is 1.11. The molecule has 0 amide bonds. The number of aryl methyl sites for hydroxylation is 1. The highest BCUT2D eigenvalue weighted by Crippen LogP contribution is 2.25. The fourth-order valence-corrected chi connectivity index (χ4v) is 4.49. The molecule has 1 N–H and O–H groups in total. The number of hydrogen-bond acceptors (Lipinski definition) is 3. The van der Waals surface area contributed by atoms with Crippen LogP contribution in [0.15, 0.2) is 53.4 Å². The standard InChI is InChI=1S/C21H20N4S/c1-2-7-15(8-3-1)12-13-25-20(18-11-6-14-26-18)24-19-21(25)23-17-10-5-4-9-16(17)22-19/h4-7,9-11,14H,1-3,8,12-13H2/p+1. The third kappa shape index (κ3) is 2.82. The van der Waals surface area contributed by atoms with Gasteiger partial charge in [0.05, 0.1) is 11.4 Å². The Morgan fingerprint density at radius 1 is 1.04 bits per heavy atom. The molecule has 130 valence electrons. The molecule has 3 aromatic heterocycles. The molecule has 1 aromatic carbocycles. The Morgan fingerprint density at radius 2 is 1.92 bits per heavy atom. The zero-order valence-electron chi connectivity index (χ0n) is 14.6. The number of aromatic nitrogens is 4. The van der Waals surface area contributed by atoms with Crippen molar-refractivity contribution in [2.45, 2.75) is 38.6 Å². The quantitative estimate of drug-likeness (QED) is 0.410. The van der Waals surface area contributed by atoms with Crippen LogP contribution in [0.3, 0.4) is 0 Å². The van der Waals surface area contributed by atoms with Crippen molar-refractivity contribution >= 4 is 33.7 Å². The molecule has 5 rings (SSSR count). The van der Waals surface area contributed by atoms with Gasteiger partial charge >= 0.3 is 5.65 Å². The lowest BCUT2D eigenvalue weighted by Crippen LogP contribution is -2.36. The first kappa shape index (κ1) is 15.7. The maximum Gasteiger partial charge on any atom is 0.323 e. The van der Waals surface area contributed by atoms with Crippen LogP contribution in [-0.4, -0.2) is 15.0 Å². The lowest BCUT2D eigenvalue weighted by Gasteiger charge is -2.12. The van der Waals surface area contributed by atoms with E-state index in [1.54, 1.807) is 16.9 Å². The molecule has 0 fully saturated rings. The van der Waals surface area contributed by atoms with Gasteiger partial charge in [-0.1, -0.05) is 34.8 Å². The molecule has 26 heavy (non-hydrogen) atoms. The zero-order chi connectivity index (χ0) is 17.3. The molecule has 5 heteroatoms. The fraction of sp³-hybridized carbons (Fsp3) is 0.286. The number of aromatic amines is 1. The topological polar surface area (TPSA) is 45.5 Å². The minimum absolute atomic E-state index is 0.865. The number of hydrogen-bond donors (Lipinski definition) is 1. The van der Waals surface area contributed by atoms with Gasteiger partial charge in [0.25, 0.3) is 5.65 Å². The van der Waals surface area contributed by atoms with E-state index in [0.717, 1.165) is 41.1 Å². The predicted molar refractivity (Wildman–Crippen MR) is 106 cm³/mol. The maximum atomic E-state index is 4.93. The number of para-hydroxylation sites is 2. The Morgan fingerprint density at radius 3 is 2.69 bits per heavy atom. The summed E-state index contributed by atoms with van der Waals surface area (Å²) in [6, 6.07) is 12.3. The van der Waals surface area contributed by atoms with Gasteiger partial charge in [-0.25, -0.2) is 9.55 Å². The van der Waals surface area contributed by atoms with Crippen molar-refractivity contribution in [1.29, 1.82) is 0 Å². The molecule has 1 aliphatic carbocycles. The molecule has 0 radical (unpaired) electrons. The molecular formula is C21H21N4S+. The first-order valence-corrected chi connectivity index (χ1v) is 10.2. The molecule has 4 aromatic rings. The number of allylic oxidation sites excluding steroid dienone is 2. The van der Waals surface area contributed by atoms with Crippen LogP contribution in [0, 0.1) is 0 Å². The largest absolute Gasteiger partial charge is 0.323 e. The second kappa shape index (κ2) is 6.65. The van der Waals surface area contributed by atoms with E-state index in [4.69, 9.17) is 9.97 Å². The smallest absolute Gasteiger partial charge is 0.250 e. The number of benzene rings is 1. The number of H-pyrrole nitrogens is 1. The number of thiophene rings is 1. The summed E-state index contributed by atoms with van der Waals surface area (Å²) in [5, 5.41) is 2.12. The highest BCUT2D eigenvalue weighted by molar-refractivity contribution is 7.13. The van der Waals surface area contributed by atoms with Gasteiger partial charge in [0.2, 0.25) is 5.82 Å². The summed E-state index contributed by atoms with van der Waals surface area (Å²) < 4.78 is 2.32. The molecule has 0 spiro atoms. The number of fused-ring (bicyclic) bond motifs is 2. The van der Waals surface area contributed by atoms with Gasteiger partial charge < -0.3 is 0 Å². The maximum absolute atomic E-state index is 4.93. The minimum atomic E-state index is 0.865. The van der Waals surface area contributed by atoms with Crippen LogP contribution in [0.25, 0.3) is 33.0 Å². The number of nitrogens with one attached hydrogen (secondary N) is 1. The Hall–Kier alpha value is -2.53. The van der Waals surface area contributed by atoms with E-state index in [9.17, 15) is 0 Å². The molecule has 3 heterocycles. The van der Waals surface area contributed by atoms with Crippen LogP contribution in [0.4, 0.5) is 0 Å². The minimum Gasteiger partial charge on any atom is -0.250 e. The SMILES string of the molecule is C1=C(CC[n+]2c(-c3cccs3)[nH]c3nc4ccccc4nc32)CCCC1. The highest BCUT2D eigenvalue weighted by Gasteiger charge is 2.23. The first-order chi connectivity index (χ1) is 12.9. The van der Waals surface area contributed by atoms with E-state index in [1.807, 2.05) is 24.3 Å². The highest BCUT2D eigenvalue weighted by atomic mass is 32.1. The second-order valence-electron chi connectivity index (χ2n) is 6.85. The summed E-state index contributed by atoms with van der Waals surface area (Å²) in [6.45, 7) is 0.937. The van der Waals surface area contributed by atoms with Gasteiger partial charge in [-0.15, -0.1) is 11.3 Å². The van der Waals surface area contributed by atoms with Crippen LogP contribution in [0.5, 0.6) is 0 Å². The van der Waals surface area contributed by atoms with Crippen LogP contribution in [0.1, 0.15) is 32.1 Å². The predicted octanol–water partition coefficient (Wildman–Crippen LogP) is 5.02. The second-order valence-corrected chi connectivity index (χ2v) is 7.79. The van der Waals surface area contributed by atoms with Gasteiger partial charge in [0, 0.05) is 0 Å². The van der Waals surface area contributed by atoms with Crippen molar-refractivity contribution < 1.29 is 4.57 Å². The summed E-state index contributed by atoms with van der Waals surface area (Å²) in [6.07, 6.45) is 8.66. The average Bonchev–Trinajstić information content (AvgIpc) is 3.33. The summed E-state index contributed by atoms with van der Waals surface area (Å²) in [4.78, 5) is 14.5. The Balaban J connectivity index is 1.63. The van der Waals surface area contributed by atoms with Crippen molar-refractivity contribution in [3.05, 3.63) is 53.4 Å². The van der Waals surface area contributed by atoms with Crippen LogP contribution in [0.2, 0.25) is 0 Å². The Labute approximate surface area is 156 Å². The van der Waals surface area contributed by atoms with Gasteiger partial charge in [-0.3, -0.25) is 4.98 Å². The monoisotopic (exact) mass is 361 g/mol. The lowest BCUT2D eigenvalue weighted by atomic mass is 9.97. The van der Waals surface area contributed by atoms with Crippen molar-refractivity contribution in [2.24, 2.45) is 0 Å². The Kier molecular flexibility index (Phi) is 4.02. The van der Waals surface area contributed by atoms with Crippen LogP contribution < -0.4 is 4.57 Å². The fourth-order valence-electron chi connectivity index (χ4n) is 3.76. The van der Waals surface area contributed by atoms with Gasteiger partial charge in [-0.05, 0) is 55.7 Å². The van der Waals surface area contributed by atoms with Gasteiger partial charge in [0.1, 0.15) is 5.52 Å². The van der Waals surface area contributed by atoms with E-state index in [1.165, 1.54) is 30.6 Å².